The highest BCUT2D eigenvalue weighted by atomic mass is 16.2. The first kappa shape index (κ1) is 15.4. The van der Waals surface area contributed by atoms with Crippen molar-refractivity contribution in [2.45, 2.75) is 79.1 Å². The van der Waals surface area contributed by atoms with Gasteiger partial charge in [0.05, 0.1) is 10.8 Å². The largest absolute Gasteiger partial charge is 0.297 e. The van der Waals surface area contributed by atoms with Crippen LogP contribution in [0.2, 0.25) is 0 Å². The van der Waals surface area contributed by atoms with Crippen LogP contribution in [0.4, 0.5) is 0 Å². The zero-order valence-corrected chi connectivity index (χ0v) is 12.5. The van der Waals surface area contributed by atoms with E-state index in [-0.39, 0.29) is 11.6 Å². The number of hydrogen-bond donors (Lipinski definition) is 0. The highest BCUT2D eigenvalue weighted by molar-refractivity contribution is 6.30. The minimum atomic E-state index is -0.611. The van der Waals surface area contributed by atoms with Gasteiger partial charge < -0.3 is 0 Å². The first-order valence-corrected chi connectivity index (χ1v) is 7.65. The molecule has 1 rings (SSSR count). The van der Waals surface area contributed by atoms with Crippen LogP contribution in [0.25, 0.3) is 0 Å². The molecule has 0 saturated heterocycles. The second kappa shape index (κ2) is 5.99. The zero-order chi connectivity index (χ0) is 13.8. The van der Waals surface area contributed by atoms with Gasteiger partial charge in [-0.1, -0.05) is 53.4 Å². The van der Waals surface area contributed by atoms with E-state index in [4.69, 9.17) is 0 Å². The fraction of sp³-hybridized carbons (Fsp3) is 0.875. The summed E-state index contributed by atoms with van der Waals surface area (Å²) in [7, 11) is 0. The quantitative estimate of drug-likeness (QED) is 0.603. The third kappa shape index (κ3) is 2.04. The van der Waals surface area contributed by atoms with Crippen molar-refractivity contribution in [2.24, 2.45) is 10.8 Å². The number of carbonyl (C=O) groups excluding carboxylic acids is 2. The minimum Gasteiger partial charge on any atom is -0.297 e. The van der Waals surface area contributed by atoms with E-state index in [0.717, 1.165) is 38.5 Å². The maximum absolute atomic E-state index is 12.7. The first-order chi connectivity index (χ1) is 8.55. The lowest BCUT2D eigenvalue weighted by Gasteiger charge is -2.52. The molecule has 0 amide bonds. The van der Waals surface area contributed by atoms with Gasteiger partial charge in [0.1, 0.15) is 0 Å². The molecule has 18 heavy (non-hydrogen) atoms. The third-order valence-corrected chi connectivity index (χ3v) is 4.86. The van der Waals surface area contributed by atoms with E-state index in [1.165, 1.54) is 0 Å². The SMILES string of the molecule is CCCCC1(CC)C(=O)C(CC)(CCCC)C1=O. The fourth-order valence-electron chi connectivity index (χ4n) is 3.47. The van der Waals surface area contributed by atoms with Gasteiger partial charge >= 0.3 is 0 Å². The monoisotopic (exact) mass is 252 g/mol. The van der Waals surface area contributed by atoms with Crippen LogP contribution in [0, 0.1) is 10.8 Å². The Labute approximate surface area is 112 Å². The minimum absolute atomic E-state index is 0.256. The van der Waals surface area contributed by atoms with Crippen LogP contribution in [-0.4, -0.2) is 11.6 Å². The zero-order valence-electron chi connectivity index (χ0n) is 12.5. The molecule has 0 N–H and O–H groups in total. The van der Waals surface area contributed by atoms with Crippen molar-refractivity contribution in [2.75, 3.05) is 0 Å². The molecule has 0 aliphatic heterocycles. The molecule has 2 heteroatoms. The van der Waals surface area contributed by atoms with Gasteiger partial charge in [-0.05, 0) is 25.7 Å². The predicted molar refractivity (Wildman–Crippen MR) is 74.5 cm³/mol. The van der Waals surface area contributed by atoms with Crippen molar-refractivity contribution < 1.29 is 9.59 Å². The van der Waals surface area contributed by atoms with Crippen LogP contribution in [0.15, 0.2) is 0 Å². The lowest BCUT2D eigenvalue weighted by Crippen LogP contribution is -2.66. The van der Waals surface area contributed by atoms with Gasteiger partial charge in [-0.15, -0.1) is 0 Å². The molecular formula is C16H28O2. The van der Waals surface area contributed by atoms with Crippen molar-refractivity contribution in [3.05, 3.63) is 0 Å². The van der Waals surface area contributed by atoms with Crippen molar-refractivity contribution >= 4 is 11.6 Å². The number of carbonyl (C=O) groups is 2. The Balaban J connectivity index is 2.89. The van der Waals surface area contributed by atoms with Gasteiger partial charge in [0.15, 0.2) is 11.6 Å². The number of rotatable bonds is 8. The lowest BCUT2D eigenvalue weighted by atomic mass is 9.46. The Kier molecular flexibility index (Phi) is 5.12. The Hall–Kier alpha value is -0.660. The van der Waals surface area contributed by atoms with Gasteiger partial charge in [-0.2, -0.15) is 0 Å². The number of unbranched alkanes of at least 4 members (excludes halogenated alkanes) is 2. The Morgan fingerprint density at radius 3 is 1.28 bits per heavy atom. The van der Waals surface area contributed by atoms with Crippen molar-refractivity contribution in [1.82, 2.24) is 0 Å². The molecule has 0 heterocycles. The second-order valence-corrected chi connectivity index (χ2v) is 5.74. The summed E-state index contributed by atoms with van der Waals surface area (Å²) in [5.74, 6) is 0.513. The molecule has 0 aromatic rings. The van der Waals surface area contributed by atoms with Gasteiger partial charge in [0, 0.05) is 0 Å². The van der Waals surface area contributed by atoms with E-state index >= 15 is 0 Å². The van der Waals surface area contributed by atoms with Crippen LogP contribution in [-0.2, 0) is 9.59 Å². The van der Waals surface area contributed by atoms with E-state index in [0.29, 0.717) is 12.8 Å². The molecule has 0 spiro atoms. The number of hydrogen-bond acceptors (Lipinski definition) is 2. The molecule has 0 unspecified atom stereocenters. The molecule has 0 aromatic heterocycles. The summed E-state index contributed by atoms with van der Waals surface area (Å²) in [6.07, 6.45) is 7.00. The van der Waals surface area contributed by atoms with E-state index in [1.807, 2.05) is 13.8 Å². The molecule has 104 valence electrons. The molecule has 0 bridgehead atoms. The third-order valence-electron chi connectivity index (χ3n) is 4.86. The number of Topliss-reactive ketones (excluding diaryl/α,β-unsaturated/α-hetero) is 2. The van der Waals surface area contributed by atoms with Crippen LogP contribution >= 0.6 is 0 Å². The van der Waals surface area contributed by atoms with Crippen molar-refractivity contribution in [3.8, 4) is 0 Å². The first-order valence-electron chi connectivity index (χ1n) is 7.65. The van der Waals surface area contributed by atoms with Crippen LogP contribution in [0.5, 0.6) is 0 Å². The molecule has 1 saturated carbocycles. The number of ketones is 2. The molecule has 0 atom stereocenters. The molecule has 1 aliphatic carbocycles. The van der Waals surface area contributed by atoms with E-state index in [2.05, 4.69) is 13.8 Å². The summed E-state index contributed by atoms with van der Waals surface area (Å²) in [5, 5.41) is 0. The van der Waals surface area contributed by atoms with Crippen molar-refractivity contribution in [3.63, 3.8) is 0 Å². The van der Waals surface area contributed by atoms with E-state index < -0.39 is 10.8 Å². The summed E-state index contributed by atoms with van der Waals surface area (Å²) in [4.78, 5) is 25.3. The molecule has 0 aromatic carbocycles. The lowest BCUT2D eigenvalue weighted by molar-refractivity contribution is -0.174. The standard InChI is InChI=1S/C16H28O2/c1-5-9-11-15(7-3)13(17)16(8-4,14(15)18)12-10-6-2/h5-12H2,1-4H3. The predicted octanol–water partition coefficient (Wildman–Crippen LogP) is 4.31. The molecule has 1 aliphatic rings. The van der Waals surface area contributed by atoms with E-state index in [9.17, 15) is 9.59 Å². The second-order valence-electron chi connectivity index (χ2n) is 5.74. The molecule has 0 radical (unpaired) electrons. The Morgan fingerprint density at radius 1 is 0.722 bits per heavy atom. The smallest absolute Gasteiger partial charge is 0.159 e. The molecular weight excluding hydrogens is 224 g/mol. The summed E-state index contributed by atoms with van der Waals surface area (Å²) in [6, 6.07) is 0. The van der Waals surface area contributed by atoms with E-state index in [1.54, 1.807) is 0 Å². The van der Waals surface area contributed by atoms with Crippen LogP contribution in [0.1, 0.15) is 79.1 Å². The maximum Gasteiger partial charge on any atom is 0.159 e. The highest BCUT2D eigenvalue weighted by Gasteiger charge is 2.67. The summed E-state index contributed by atoms with van der Waals surface area (Å²) < 4.78 is 0. The van der Waals surface area contributed by atoms with Crippen LogP contribution < -0.4 is 0 Å². The molecule has 2 nitrogen and oxygen atoms in total. The van der Waals surface area contributed by atoms with Gasteiger partial charge in [-0.3, -0.25) is 9.59 Å². The summed E-state index contributed by atoms with van der Waals surface area (Å²) in [6.45, 7) is 8.21. The maximum atomic E-state index is 12.7. The average Bonchev–Trinajstić information content (AvgIpc) is 2.41. The van der Waals surface area contributed by atoms with Crippen molar-refractivity contribution in [1.29, 1.82) is 0 Å². The Bertz CT molecular complexity index is 273. The molecule has 1 fully saturated rings. The highest BCUT2D eigenvalue weighted by Crippen LogP contribution is 2.56. The fourth-order valence-corrected chi connectivity index (χ4v) is 3.47. The van der Waals surface area contributed by atoms with Crippen LogP contribution in [0.3, 0.4) is 0 Å². The van der Waals surface area contributed by atoms with Gasteiger partial charge in [-0.25, -0.2) is 0 Å². The van der Waals surface area contributed by atoms with Gasteiger partial charge in [0.2, 0.25) is 0 Å². The average molecular weight is 252 g/mol. The summed E-state index contributed by atoms with van der Waals surface area (Å²) in [5.41, 5.74) is -1.22. The topological polar surface area (TPSA) is 34.1 Å². The normalized spacial score (nSPS) is 31.6. The Morgan fingerprint density at radius 2 is 1.06 bits per heavy atom. The summed E-state index contributed by atoms with van der Waals surface area (Å²) >= 11 is 0. The van der Waals surface area contributed by atoms with Gasteiger partial charge in [0.25, 0.3) is 0 Å².